The van der Waals surface area contributed by atoms with Crippen LogP contribution in [0.1, 0.15) is 50.7 Å². The van der Waals surface area contributed by atoms with E-state index in [0.717, 1.165) is 25.7 Å². The Hall–Kier alpha value is -1.55. The van der Waals surface area contributed by atoms with E-state index in [4.69, 9.17) is 4.74 Å². The summed E-state index contributed by atoms with van der Waals surface area (Å²) in [5.41, 5.74) is 2.97. The molecule has 4 nitrogen and oxygen atoms in total. The SMILES string of the molecule is CCOCc1ccc(CNC(=NC)NCC2(CC)CCC2)cc1. The van der Waals surface area contributed by atoms with Gasteiger partial charge in [-0.15, -0.1) is 0 Å². The van der Waals surface area contributed by atoms with Crippen molar-refractivity contribution in [1.82, 2.24) is 10.6 Å². The van der Waals surface area contributed by atoms with Gasteiger partial charge in [-0.25, -0.2) is 0 Å². The van der Waals surface area contributed by atoms with Crippen molar-refractivity contribution in [2.75, 3.05) is 20.2 Å². The number of rotatable bonds is 8. The van der Waals surface area contributed by atoms with Crippen LogP contribution in [0.5, 0.6) is 0 Å². The molecule has 0 radical (unpaired) electrons. The van der Waals surface area contributed by atoms with Crippen LogP contribution in [-0.4, -0.2) is 26.2 Å². The summed E-state index contributed by atoms with van der Waals surface area (Å²) in [6, 6.07) is 8.55. The van der Waals surface area contributed by atoms with Crippen molar-refractivity contribution in [3.8, 4) is 0 Å². The van der Waals surface area contributed by atoms with Crippen molar-refractivity contribution in [3.63, 3.8) is 0 Å². The Labute approximate surface area is 140 Å². The molecule has 1 aromatic rings. The van der Waals surface area contributed by atoms with E-state index in [9.17, 15) is 0 Å². The fraction of sp³-hybridized carbons (Fsp3) is 0.632. The first-order valence-corrected chi connectivity index (χ1v) is 8.81. The van der Waals surface area contributed by atoms with E-state index in [1.54, 1.807) is 0 Å². The van der Waals surface area contributed by atoms with Crippen molar-refractivity contribution in [2.24, 2.45) is 10.4 Å². The van der Waals surface area contributed by atoms with Gasteiger partial charge in [0.15, 0.2) is 5.96 Å². The molecular weight excluding hydrogens is 286 g/mol. The lowest BCUT2D eigenvalue weighted by Gasteiger charge is -2.41. The topological polar surface area (TPSA) is 45.6 Å². The first kappa shape index (κ1) is 17.8. The highest BCUT2D eigenvalue weighted by Crippen LogP contribution is 2.42. The van der Waals surface area contributed by atoms with Crippen molar-refractivity contribution in [1.29, 1.82) is 0 Å². The molecule has 1 fully saturated rings. The molecule has 0 saturated heterocycles. The van der Waals surface area contributed by atoms with Crippen molar-refractivity contribution >= 4 is 5.96 Å². The van der Waals surface area contributed by atoms with E-state index in [1.165, 1.54) is 36.8 Å². The summed E-state index contributed by atoms with van der Waals surface area (Å²) in [6.45, 7) is 7.56. The fourth-order valence-corrected chi connectivity index (χ4v) is 2.98. The van der Waals surface area contributed by atoms with Gasteiger partial charge >= 0.3 is 0 Å². The third-order valence-electron chi connectivity index (χ3n) is 4.97. The van der Waals surface area contributed by atoms with Gasteiger partial charge in [-0.1, -0.05) is 37.6 Å². The summed E-state index contributed by atoms with van der Waals surface area (Å²) < 4.78 is 5.42. The smallest absolute Gasteiger partial charge is 0.191 e. The third kappa shape index (κ3) is 5.24. The molecule has 1 aliphatic rings. The molecule has 0 aliphatic heterocycles. The van der Waals surface area contributed by atoms with Gasteiger partial charge in [0, 0.05) is 26.7 Å². The number of aliphatic imine (C=N–C) groups is 1. The Bertz CT molecular complexity index is 486. The second-order valence-electron chi connectivity index (χ2n) is 6.44. The molecule has 0 atom stereocenters. The first-order chi connectivity index (χ1) is 11.2. The summed E-state index contributed by atoms with van der Waals surface area (Å²) >= 11 is 0. The number of benzene rings is 1. The highest BCUT2D eigenvalue weighted by Gasteiger charge is 2.34. The maximum Gasteiger partial charge on any atom is 0.191 e. The van der Waals surface area contributed by atoms with Crippen LogP contribution in [0, 0.1) is 5.41 Å². The van der Waals surface area contributed by atoms with E-state index in [1.807, 2.05) is 14.0 Å². The van der Waals surface area contributed by atoms with Crippen LogP contribution in [0.3, 0.4) is 0 Å². The molecule has 2 N–H and O–H groups in total. The minimum absolute atomic E-state index is 0.499. The van der Waals surface area contributed by atoms with E-state index in [2.05, 4.69) is 46.8 Å². The number of hydrogen-bond donors (Lipinski definition) is 2. The molecule has 0 aromatic heterocycles. The summed E-state index contributed by atoms with van der Waals surface area (Å²) in [6.07, 6.45) is 5.30. The Morgan fingerprint density at radius 1 is 1.13 bits per heavy atom. The molecule has 2 rings (SSSR count). The van der Waals surface area contributed by atoms with Gasteiger partial charge in [0.2, 0.25) is 0 Å². The van der Waals surface area contributed by atoms with Gasteiger partial charge in [-0.05, 0) is 42.7 Å². The zero-order valence-electron chi connectivity index (χ0n) is 14.8. The van der Waals surface area contributed by atoms with E-state index in [0.29, 0.717) is 12.0 Å². The lowest BCUT2D eigenvalue weighted by molar-refractivity contribution is 0.131. The molecule has 1 saturated carbocycles. The molecule has 23 heavy (non-hydrogen) atoms. The second kappa shape index (κ2) is 8.92. The molecule has 0 unspecified atom stereocenters. The Kier molecular flexibility index (Phi) is 6.90. The number of nitrogens with zero attached hydrogens (tertiary/aromatic N) is 1. The van der Waals surface area contributed by atoms with E-state index in [-0.39, 0.29) is 0 Å². The van der Waals surface area contributed by atoms with E-state index >= 15 is 0 Å². The highest BCUT2D eigenvalue weighted by molar-refractivity contribution is 5.79. The molecule has 128 valence electrons. The second-order valence-corrected chi connectivity index (χ2v) is 6.44. The molecule has 0 heterocycles. The molecule has 1 aliphatic carbocycles. The van der Waals surface area contributed by atoms with Gasteiger partial charge in [0.05, 0.1) is 6.61 Å². The van der Waals surface area contributed by atoms with Crippen LogP contribution >= 0.6 is 0 Å². The minimum atomic E-state index is 0.499. The number of ether oxygens (including phenoxy) is 1. The Balaban J connectivity index is 1.76. The third-order valence-corrected chi connectivity index (χ3v) is 4.97. The predicted molar refractivity (Wildman–Crippen MR) is 96.5 cm³/mol. The van der Waals surface area contributed by atoms with Crippen molar-refractivity contribution in [3.05, 3.63) is 35.4 Å². The molecule has 0 bridgehead atoms. The predicted octanol–water partition coefficient (Wildman–Crippen LogP) is 3.47. The van der Waals surface area contributed by atoms with Gasteiger partial charge in [-0.2, -0.15) is 0 Å². The van der Waals surface area contributed by atoms with Crippen LogP contribution in [0.2, 0.25) is 0 Å². The summed E-state index contributed by atoms with van der Waals surface area (Å²) in [7, 11) is 1.83. The van der Waals surface area contributed by atoms with Crippen molar-refractivity contribution < 1.29 is 4.74 Å². The number of hydrogen-bond acceptors (Lipinski definition) is 2. The maximum absolute atomic E-state index is 5.42. The molecule has 4 heteroatoms. The summed E-state index contributed by atoms with van der Waals surface area (Å²) in [5.74, 6) is 0.892. The average molecular weight is 317 g/mol. The zero-order valence-corrected chi connectivity index (χ0v) is 14.8. The number of nitrogens with one attached hydrogen (secondary N) is 2. The normalized spacial score (nSPS) is 16.7. The van der Waals surface area contributed by atoms with Crippen LogP contribution < -0.4 is 10.6 Å². The first-order valence-electron chi connectivity index (χ1n) is 8.81. The van der Waals surface area contributed by atoms with Gasteiger partial charge in [-0.3, -0.25) is 4.99 Å². The molecule has 0 spiro atoms. The quantitative estimate of drug-likeness (QED) is 0.570. The summed E-state index contributed by atoms with van der Waals surface area (Å²) in [5, 5.41) is 6.89. The summed E-state index contributed by atoms with van der Waals surface area (Å²) in [4.78, 5) is 4.33. The van der Waals surface area contributed by atoms with Gasteiger partial charge < -0.3 is 15.4 Å². The van der Waals surface area contributed by atoms with Gasteiger partial charge in [0.25, 0.3) is 0 Å². The minimum Gasteiger partial charge on any atom is -0.377 e. The lowest BCUT2D eigenvalue weighted by atomic mass is 9.67. The Morgan fingerprint density at radius 3 is 2.35 bits per heavy atom. The molecular formula is C19H31N3O. The zero-order chi connectivity index (χ0) is 16.5. The van der Waals surface area contributed by atoms with Crippen LogP contribution in [0.25, 0.3) is 0 Å². The highest BCUT2D eigenvalue weighted by atomic mass is 16.5. The number of guanidine groups is 1. The molecule has 1 aromatic carbocycles. The molecule has 0 amide bonds. The van der Waals surface area contributed by atoms with Crippen LogP contribution in [0.4, 0.5) is 0 Å². The van der Waals surface area contributed by atoms with Crippen LogP contribution in [0.15, 0.2) is 29.3 Å². The lowest BCUT2D eigenvalue weighted by Crippen LogP contribution is -2.46. The maximum atomic E-state index is 5.42. The average Bonchev–Trinajstić information content (AvgIpc) is 2.56. The fourth-order valence-electron chi connectivity index (χ4n) is 2.98. The van der Waals surface area contributed by atoms with Gasteiger partial charge in [0.1, 0.15) is 0 Å². The van der Waals surface area contributed by atoms with Crippen LogP contribution in [-0.2, 0) is 17.9 Å². The monoisotopic (exact) mass is 317 g/mol. The Morgan fingerprint density at radius 2 is 1.83 bits per heavy atom. The van der Waals surface area contributed by atoms with Crippen molar-refractivity contribution in [2.45, 2.75) is 52.7 Å². The standard InChI is InChI=1S/C19H31N3O/c1-4-19(11-6-12-19)15-22-18(20-3)21-13-16-7-9-17(10-8-16)14-23-5-2/h7-10H,4-6,11-15H2,1-3H3,(H2,20,21,22). The van der Waals surface area contributed by atoms with E-state index < -0.39 is 0 Å². The largest absolute Gasteiger partial charge is 0.377 e.